The maximum Gasteiger partial charge on any atom is 0.258 e. The van der Waals surface area contributed by atoms with Crippen molar-refractivity contribution in [3.63, 3.8) is 0 Å². The predicted molar refractivity (Wildman–Crippen MR) is 67.1 cm³/mol. The normalized spacial score (nSPS) is 22.3. The molecule has 1 aliphatic rings. The van der Waals surface area contributed by atoms with Crippen molar-refractivity contribution in [3.05, 3.63) is 34.6 Å². The summed E-state index contributed by atoms with van der Waals surface area (Å²) < 4.78 is 13.7. The third-order valence-corrected chi connectivity index (χ3v) is 3.87. The fourth-order valence-corrected chi connectivity index (χ4v) is 2.52. The van der Waals surface area contributed by atoms with Crippen molar-refractivity contribution >= 4 is 17.5 Å². The summed E-state index contributed by atoms with van der Waals surface area (Å²) in [4.78, 5) is 13.8. The summed E-state index contributed by atoms with van der Waals surface area (Å²) in [5, 5.41) is 9.94. The Hall–Kier alpha value is -1.13. The van der Waals surface area contributed by atoms with Gasteiger partial charge in [-0.1, -0.05) is 17.7 Å². The van der Waals surface area contributed by atoms with Crippen molar-refractivity contribution in [1.29, 1.82) is 0 Å². The highest BCUT2D eigenvalue weighted by atomic mass is 35.5. The molecule has 1 unspecified atom stereocenters. The summed E-state index contributed by atoms with van der Waals surface area (Å²) in [7, 11) is 0. The second-order valence-electron chi connectivity index (χ2n) is 5.01. The number of aliphatic hydroxyl groups is 1. The SMILES string of the molecule is CC1(C)C(O)CCN1C(=O)c1c(F)cccc1Cl. The number of aliphatic hydroxyl groups excluding tert-OH is 1. The number of rotatable bonds is 1. The highest BCUT2D eigenvalue weighted by Crippen LogP contribution is 2.32. The van der Waals surface area contributed by atoms with Gasteiger partial charge in [0.15, 0.2) is 0 Å². The van der Waals surface area contributed by atoms with Gasteiger partial charge >= 0.3 is 0 Å². The number of hydrogen-bond acceptors (Lipinski definition) is 2. The zero-order valence-electron chi connectivity index (χ0n) is 10.3. The van der Waals surface area contributed by atoms with Crippen molar-refractivity contribution < 1.29 is 14.3 Å². The summed E-state index contributed by atoms with van der Waals surface area (Å²) >= 11 is 5.88. The van der Waals surface area contributed by atoms with Gasteiger partial charge in [0.05, 0.1) is 22.2 Å². The fourth-order valence-electron chi connectivity index (χ4n) is 2.27. The second-order valence-corrected chi connectivity index (χ2v) is 5.42. The number of carbonyl (C=O) groups is 1. The van der Waals surface area contributed by atoms with Gasteiger partial charge in [0.25, 0.3) is 5.91 Å². The van der Waals surface area contributed by atoms with Crippen LogP contribution in [0.25, 0.3) is 0 Å². The highest BCUT2D eigenvalue weighted by molar-refractivity contribution is 6.33. The Bertz CT molecular complexity index is 470. The van der Waals surface area contributed by atoms with Crippen LogP contribution in [0.4, 0.5) is 4.39 Å². The number of hydrogen-bond donors (Lipinski definition) is 1. The van der Waals surface area contributed by atoms with Crippen LogP contribution in [-0.4, -0.2) is 34.1 Å². The summed E-state index contributed by atoms with van der Waals surface area (Å²) in [6.07, 6.45) is -0.114. The van der Waals surface area contributed by atoms with Crippen LogP contribution < -0.4 is 0 Å². The molecule has 0 radical (unpaired) electrons. The van der Waals surface area contributed by atoms with Gasteiger partial charge in [-0.25, -0.2) is 4.39 Å². The summed E-state index contributed by atoms with van der Waals surface area (Å²) in [5.74, 6) is -1.11. The molecule has 98 valence electrons. The van der Waals surface area contributed by atoms with Gasteiger partial charge in [-0.15, -0.1) is 0 Å². The van der Waals surface area contributed by atoms with E-state index in [0.717, 1.165) is 0 Å². The predicted octanol–water partition coefficient (Wildman–Crippen LogP) is 2.46. The lowest BCUT2D eigenvalue weighted by molar-refractivity contribution is 0.0391. The van der Waals surface area contributed by atoms with E-state index in [-0.39, 0.29) is 10.6 Å². The number of amides is 1. The Kier molecular flexibility index (Phi) is 3.34. The largest absolute Gasteiger partial charge is 0.391 e. The fraction of sp³-hybridized carbons (Fsp3) is 0.462. The lowest BCUT2D eigenvalue weighted by Crippen LogP contribution is -2.48. The molecule has 1 aromatic carbocycles. The average molecular weight is 272 g/mol. The van der Waals surface area contributed by atoms with Crippen LogP contribution in [0.2, 0.25) is 5.02 Å². The van der Waals surface area contributed by atoms with Crippen LogP contribution >= 0.6 is 11.6 Å². The maximum absolute atomic E-state index is 13.7. The summed E-state index contributed by atoms with van der Waals surface area (Å²) in [5.41, 5.74) is -0.829. The lowest BCUT2D eigenvalue weighted by atomic mass is 9.98. The van der Waals surface area contributed by atoms with Crippen molar-refractivity contribution in [3.8, 4) is 0 Å². The van der Waals surface area contributed by atoms with Crippen LogP contribution in [0, 0.1) is 5.82 Å². The van der Waals surface area contributed by atoms with E-state index in [1.807, 2.05) is 0 Å². The van der Waals surface area contributed by atoms with Gasteiger partial charge in [-0.2, -0.15) is 0 Å². The van der Waals surface area contributed by atoms with Gasteiger partial charge in [0, 0.05) is 6.54 Å². The number of likely N-dealkylation sites (tertiary alicyclic amines) is 1. The molecule has 1 N–H and O–H groups in total. The Morgan fingerprint density at radius 1 is 1.56 bits per heavy atom. The molecule has 1 aromatic rings. The van der Waals surface area contributed by atoms with Gasteiger partial charge < -0.3 is 10.0 Å². The quantitative estimate of drug-likeness (QED) is 0.852. The molecular formula is C13H15ClFNO2. The molecule has 3 nitrogen and oxygen atoms in total. The van der Waals surface area contributed by atoms with Crippen LogP contribution in [0.5, 0.6) is 0 Å². The van der Waals surface area contributed by atoms with E-state index in [1.54, 1.807) is 13.8 Å². The molecule has 2 rings (SSSR count). The molecule has 1 aliphatic heterocycles. The third-order valence-electron chi connectivity index (χ3n) is 3.56. The highest BCUT2D eigenvalue weighted by Gasteiger charge is 2.43. The molecule has 18 heavy (non-hydrogen) atoms. The molecule has 1 amide bonds. The Morgan fingerprint density at radius 2 is 2.22 bits per heavy atom. The number of nitrogens with zero attached hydrogens (tertiary/aromatic N) is 1. The molecule has 1 atom stereocenters. The lowest BCUT2D eigenvalue weighted by Gasteiger charge is -2.34. The number of carbonyl (C=O) groups excluding carboxylic acids is 1. The van der Waals surface area contributed by atoms with E-state index in [0.29, 0.717) is 13.0 Å². The molecule has 1 fully saturated rings. The number of benzene rings is 1. The first kappa shape index (κ1) is 13.3. The van der Waals surface area contributed by atoms with Gasteiger partial charge in [0.2, 0.25) is 0 Å². The molecule has 0 bridgehead atoms. The molecule has 0 aromatic heterocycles. The van der Waals surface area contributed by atoms with Crippen LogP contribution in [0.15, 0.2) is 18.2 Å². The van der Waals surface area contributed by atoms with Crippen LogP contribution in [-0.2, 0) is 0 Å². The molecule has 5 heteroatoms. The van der Waals surface area contributed by atoms with E-state index < -0.39 is 23.4 Å². The minimum atomic E-state index is -0.706. The zero-order valence-corrected chi connectivity index (χ0v) is 11.0. The maximum atomic E-state index is 13.7. The Morgan fingerprint density at radius 3 is 2.72 bits per heavy atom. The van der Waals surface area contributed by atoms with E-state index in [1.165, 1.54) is 23.1 Å². The molecule has 0 spiro atoms. The van der Waals surface area contributed by atoms with Crippen molar-refractivity contribution in [2.24, 2.45) is 0 Å². The van der Waals surface area contributed by atoms with E-state index in [9.17, 15) is 14.3 Å². The van der Waals surface area contributed by atoms with Gasteiger partial charge in [-0.3, -0.25) is 4.79 Å². The molecule has 0 aliphatic carbocycles. The zero-order chi connectivity index (χ0) is 13.5. The monoisotopic (exact) mass is 271 g/mol. The molecular weight excluding hydrogens is 257 g/mol. The van der Waals surface area contributed by atoms with Crippen molar-refractivity contribution in [2.45, 2.75) is 31.9 Å². The van der Waals surface area contributed by atoms with E-state index >= 15 is 0 Å². The van der Waals surface area contributed by atoms with Gasteiger partial charge in [0.1, 0.15) is 5.82 Å². The third kappa shape index (κ3) is 1.99. The minimum Gasteiger partial charge on any atom is -0.391 e. The smallest absolute Gasteiger partial charge is 0.258 e. The standard InChI is InChI=1S/C13H15ClFNO2/c1-13(2)10(17)6-7-16(13)12(18)11-8(14)4-3-5-9(11)15/h3-5,10,17H,6-7H2,1-2H3. The number of halogens is 2. The van der Waals surface area contributed by atoms with Gasteiger partial charge in [-0.05, 0) is 32.4 Å². The Balaban J connectivity index is 2.39. The first-order valence-electron chi connectivity index (χ1n) is 5.79. The van der Waals surface area contributed by atoms with Crippen molar-refractivity contribution in [1.82, 2.24) is 4.90 Å². The second kappa shape index (κ2) is 4.52. The van der Waals surface area contributed by atoms with Crippen LogP contribution in [0.3, 0.4) is 0 Å². The van der Waals surface area contributed by atoms with E-state index in [4.69, 9.17) is 11.6 Å². The molecule has 0 saturated carbocycles. The average Bonchev–Trinajstić information content (AvgIpc) is 2.53. The first-order chi connectivity index (χ1) is 8.35. The topological polar surface area (TPSA) is 40.5 Å². The summed E-state index contributed by atoms with van der Waals surface area (Å²) in [6, 6.07) is 4.15. The summed E-state index contributed by atoms with van der Waals surface area (Å²) in [6.45, 7) is 3.92. The molecule has 1 heterocycles. The van der Waals surface area contributed by atoms with Crippen molar-refractivity contribution in [2.75, 3.05) is 6.54 Å². The molecule has 1 saturated heterocycles. The minimum absolute atomic E-state index is 0.0946. The van der Waals surface area contributed by atoms with E-state index in [2.05, 4.69) is 0 Å². The Labute approximate surface area is 110 Å². The van der Waals surface area contributed by atoms with Crippen LogP contribution in [0.1, 0.15) is 30.6 Å². The first-order valence-corrected chi connectivity index (χ1v) is 6.17.